The Kier molecular flexibility index (Phi) is 5.54. The van der Waals surface area contributed by atoms with Gasteiger partial charge >= 0.3 is 0 Å². The zero-order valence-corrected chi connectivity index (χ0v) is 16.9. The molecule has 1 saturated carbocycles. The third kappa shape index (κ3) is 4.13. The molecule has 1 N–H and O–H groups in total. The van der Waals surface area contributed by atoms with E-state index in [9.17, 15) is 9.59 Å². The number of nitrogens with one attached hydrogen (secondary N) is 1. The minimum atomic E-state index is -0.167. The maximum Gasteiger partial charge on any atom is 0.252 e. The summed E-state index contributed by atoms with van der Waals surface area (Å²) in [6, 6.07) is 20.8. The number of halogens is 1. The standard InChI is InChI=1S/C24H23ClN2O2/c25-21-10-5-4-7-18(21)15-27-16-19(11-12-22(27)28)23(29)26-17-24(13-6-14-24)20-8-2-1-3-9-20/h1-5,7-12,16H,6,13-15,17H2,(H,26,29). The van der Waals surface area contributed by atoms with E-state index in [2.05, 4.69) is 17.4 Å². The van der Waals surface area contributed by atoms with E-state index in [0.29, 0.717) is 23.7 Å². The van der Waals surface area contributed by atoms with Crippen LogP contribution in [0.3, 0.4) is 0 Å². The van der Waals surface area contributed by atoms with Crippen molar-refractivity contribution >= 4 is 17.5 Å². The molecular formula is C24H23ClN2O2. The van der Waals surface area contributed by atoms with E-state index in [1.165, 1.54) is 22.6 Å². The summed E-state index contributed by atoms with van der Waals surface area (Å²) in [6.07, 6.45) is 4.93. The molecule has 3 aromatic rings. The van der Waals surface area contributed by atoms with Gasteiger partial charge in [-0.25, -0.2) is 0 Å². The Hall–Kier alpha value is -2.85. The molecule has 4 rings (SSSR count). The smallest absolute Gasteiger partial charge is 0.252 e. The predicted molar refractivity (Wildman–Crippen MR) is 116 cm³/mol. The Morgan fingerprint density at radius 1 is 1.00 bits per heavy atom. The van der Waals surface area contributed by atoms with Gasteiger partial charge in [-0.1, -0.05) is 66.6 Å². The van der Waals surface area contributed by atoms with Gasteiger partial charge in [0.25, 0.3) is 11.5 Å². The molecule has 5 heteroatoms. The van der Waals surface area contributed by atoms with Crippen LogP contribution < -0.4 is 10.9 Å². The van der Waals surface area contributed by atoms with Gasteiger partial charge in [0, 0.05) is 29.2 Å². The highest BCUT2D eigenvalue weighted by Crippen LogP contribution is 2.43. The Morgan fingerprint density at radius 2 is 1.72 bits per heavy atom. The van der Waals surface area contributed by atoms with Gasteiger partial charge in [-0.15, -0.1) is 0 Å². The molecule has 0 aliphatic heterocycles. The van der Waals surface area contributed by atoms with Gasteiger partial charge in [-0.2, -0.15) is 0 Å². The lowest BCUT2D eigenvalue weighted by Gasteiger charge is -2.42. The molecule has 2 aromatic carbocycles. The van der Waals surface area contributed by atoms with Crippen LogP contribution in [-0.4, -0.2) is 17.0 Å². The molecule has 0 unspecified atom stereocenters. The number of amides is 1. The number of carbonyl (C=O) groups excluding carboxylic acids is 1. The second-order valence-corrected chi connectivity index (χ2v) is 8.07. The molecule has 148 valence electrons. The summed E-state index contributed by atoms with van der Waals surface area (Å²) >= 11 is 6.21. The van der Waals surface area contributed by atoms with Gasteiger partial charge in [0.2, 0.25) is 0 Å². The third-order valence-electron chi connectivity index (χ3n) is 5.83. The molecule has 1 amide bonds. The summed E-state index contributed by atoms with van der Waals surface area (Å²) in [5.41, 5.74) is 2.44. The van der Waals surface area contributed by atoms with Crippen molar-refractivity contribution in [1.82, 2.24) is 9.88 Å². The van der Waals surface area contributed by atoms with Crippen LogP contribution in [0.2, 0.25) is 5.02 Å². The maximum absolute atomic E-state index is 12.8. The molecule has 0 spiro atoms. The van der Waals surface area contributed by atoms with Crippen molar-refractivity contribution in [3.8, 4) is 0 Å². The van der Waals surface area contributed by atoms with Crippen molar-refractivity contribution in [3.63, 3.8) is 0 Å². The molecule has 1 heterocycles. The molecule has 29 heavy (non-hydrogen) atoms. The summed E-state index contributed by atoms with van der Waals surface area (Å²) in [7, 11) is 0. The molecule has 1 fully saturated rings. The van der Waals surface area contributed by atoms with Gasteiger partial charge in [0.05, 0.1) is 12.1 Å². The van der Waals surface area contributed by atoms with E-state index in [-0.39, 0.29) is 16.9 Å². The lowest BCUT2D eigenvalue weighted by molar-refractivity contribution is 0.0927. The first-order valence-electron chi connectivity index (χ1n) is 9.85. The molecule has 1 aliphatic rings. The third-order valence-corrected chi connectivity index (χ3v) is 6.20. The molecule has 0 saturated heterocycles. The summed E-state index contributed by atoms with van der Waals surface area (Å²) in [4.78, 5) is 25.0. The molecule has 4 nitrogen and oxygen atoms in total. The molecule has 1 aromatic heterocycles. The van der Waals surface area contributed by atoms with Crippen LogP contribution in [0, 0.1) is 0 Å². The normalized spacial score (nSPS) is 14.8. The van der Waals surface area contributed by atoms with E-state index in [1.807, 2.05) is 36.4 Å². The number of hydrogen-bond acceptors (Lipinski definition) is 2. The summed E-state index contributed by atoms with van der Waals surface area (Å²) in [5, 5.41) is 3.68. The molecule has 0 radical (unpaired) electrons. The Balaban J connectivity index is 1.49. The number of rotatable bonds is 6. The van der Waals surface area contributed by atoms with Gasteiger partial charge in [-0.3, -0.25) is 9.59 Å². The van der Waals surface area contributed by atoms with Gasteiger partial charge < -0.3 is 9.88 Å². The highest BCUT2D eigenvalue weighted by Gasteiger charge is 2.38. The van der Waals surface area contributed by atoms with Crippen LogP contribution >= 0.6 is 11.6 Å². The minimum absolute atomic E-state index is 0.0168. The van der Waals surface area contributed by atoms with Crippen molar-refractivity contribution in [2.45, 2.75) is 31.2 Å². The number of aromatic nitrogens is 1. The van der Waals surface area contributed by atoms with E-state index in [0.717, 1.165) is 18.4 Å². The van der Waals surface area contributed by atoms with Gasteiger partial charge in [-0.05, 0) is 36.1 Å². The van der Waals surface area contributed by atoms with Crippen LogP contribution in [0.25, 0.3) is 0 Å². The van der Waals surface area contributed by atoms with Crippen molar-refractivity contribution < 1.29 is 4.79 Å². The van der Waals surface area contributed by atoms with Crippen molar-refractivity contribution in [3.05, 3.63) is 105 Å². The molecule has 1 aliphatic carbocycles. The number of nitrogens with zero attached hydrogens (tertiary/aromatic N) is 1. The van der Waals surface area contributed by atoms with Crippen molar-refractivity contribution in [1.29, 1.82) is 0 Å². The highest BCUT2D eigenvalue weighted by molar-refractivity contribution is 6.31. The molecule has 0 bridgehead atoms. The largest absolute Gasteiger partial charge is 0.351 e. The first-order chi connectivity index (χ1) is 14.1. The van der Waals surface area contributed by atoms with Crippen LogP contribution in [0.1, 0.15) is 40.7 Å². The van der Waals surface area contributed by atoms with E-state index in [1.54, 1.807) is 18.3 Å². The summed E-state index contributed by atoms with van der Waals surface area (Å²) < 4.78 is 1.52. The van der Waals surface area contributed by atoms with E-state index in [4.69, 9.17) is 11.6 Å². The van der Waals surface area contributed by atoms with Crippen molar-refractivity contribution in [2.75, 3.05) is 6.54 Å². The average Bonchev–Trinajstić information content (AvgIpc) is 2.71. The number of benzene rings is 2. The lowest BCUT2D eigenvalue weighted by atomic mass is 9.64. The molecular weight excluding hydrogens is 384 g/mol. The number of carbonyl (C=O) groups is 1. The SMILES string of the molecule is O=C(NCC1(c2ccccc2)CCC1)c1ccc(=O)n(Cc2ccccc2Cl)c1. The fraction of sp³-hybridized carbons (Fsp3) is 0.250. The van der Waals surface area contributed by atoms with Crippen LogP contribution in [0.5, 0.6) is 0 Å². The minimum Gasteiger partial charge on any atom is -0.351 e. The second-order valence-electron chi connectivity index (χ2n) is 7.66. The van der Waals surface area contributed by atoms with Gasteiger partial charge in [0.15, 0.2) is 0 Å². The van der Waals surface area contributed by atoms with E-state index < -0.39 is 0 Å². The Morgan fingerprint density at radius 3 is 2.41 bits per heavy atom. The van der Waals surface area contributed by atoms with Crippen LogP contribution in [0.15, 0.2) is 77.7 Å². The monoisotopic (exact) mass is 406 g/mol. The van der Waals surface area contributed by atoms with Crippen molar-refractivity contribution in [2.24, 2.45) is 0 Å². The first-order valence-corrected chi connectivity index (χ1v) is 10.2. The maximum atomic E-state index is 12.8. The summed E-state index contributed by atoms with van der Waals surface area (Å²) in [6.45, 7) is 0.924. The Labute approximate surface area is 175 Å². The second kappa shape index (κ2) is 8.26. The predicted octanol–water partition coefficient (Wildman–Crippen LogP) is 4.40. The number of hydrogen-bond donors (Lipinski definition) is 1. The van der Waals surface area contributed by atoms with Gasteiger partial charge in [0.1, 0.15) is 0 Å². The highest BCUT2D eigenvalue weighted by atomic mass is 35.5. The van der Waals surface area contributed by atoms with Crippen LogP contribution in [0.4, 0.5) is 0 Å². The quantitative estimate of drug-likeness (QED) is 0.659. The first kappa shape index (κ1) is 19.5. The summed E-state index contributed by atoms with van der Waals surface area (Å²) in [5.74, 6) is -0.167. The Bertz CT molecular complexity index is 1070. The average molecular weight is 407 g/mol. The molecule has 0 atom stereocenters. The fourth-order valence-corrected chi connectivity index (χ4v) is 4.11. The lowest BCUT2D eigenvalue weighted by Crippen LogP contribution is -2.45. The zero-order chi connectivity index (χ0) is 20.3. The zero-order valence-electron chi connectivity index (χ0n) is 16.1. The van der Waals surface area contributed by atoms with E-state index >= 15 is 0 Å². The fourth-order valence-electron chi connectivity index (χ4n) is 3.91. The van der Waals surface area contributed by atoms with Crippen LogP contribution in [-0.2, 0) is 12.0 Å². The number of pyridine rings is 1. The topological polar surface area (TPSA) is 51.1 Å².